The molecule has 0 aromatic heterocycles. The van der Waals surface area contributed by atoms with Crippen LogP contribution >= 0.6 is 43.5 Å². The quantitative estimate of drug-likeness (QED) is 0.497. The number of nitro groups is 1. The highest BCUT2D eigenvalue weighted by atomic mass is 79.9. The molecule has 0 heterocycles. The molecule has 0 unspecified atom stereocenters. The van der Waals surface area contributed by atoms with Crippen molar-refractivity contribution in [2.75, 3.05) is 5.32 Å². The lowest BCUT2D eigenvalue weighted by Gasteiger charge is -2.11. The minimum atomic E-state index is -0.390. The van der Waals surface area contributed by atoms with Crippen LogP contribution in [0.3, 0.4) is 0 Å². The van der Waals surface area contributed by atoms with Gasteiger partial charge in [-0.3, -0.25) is 10.1 Å². The van der Waals surface area contributed by atoms with Crippen molar-refractivity contribution in [1.82, 2.24) is 0 Å². The molecular weight excluding hydrogens is 423 g/mol. The number of hydrogen-bond donors (Lipinski definition) is 1. The number of nitro benzene ring substituents is 1. The van der Waals surface area contributed by atoms with Crippen LogP contribution in [-0.4, -0.2) is 4.92 Å². The Hall–Kier alpha value is -1.11. The second kappa shape index (κ2) is 6.77. The molecule has 0 aliphatic rings. The van der Waals surface area contributed by atoms with Gasteiger partial charge in [0.25, 0.3) is 5.69 Å². The second-order valence-corrected chi connectivity index (χ2v) is 6.64. The lowest BCUT2D eigenvalue weighted by molar-refractivity contribution is -0.385. The predicted octanol–water partition coefficient (Wildman–Crippen LogP) is 5.69. The smallest absolute Gasteiger partial charge is 0.275 e. The Kier molecular flexibility index (Phi) is 5.24. The average Bonchev–Trinajstić information content (AvgIpc) is 2.42. The minimum Gasteiger partial charge on any atom is -0.380 e. The minimum absolute atomic E-state index is 0.0752. The third kappa shape index (κ3) is 3.96. The molecule has 0 spiro atoms. The predicted molar refractivity (Wildman–Crippen MR) is 92.0 cm³/mol. The fourth-order valence-corrected chi connectivity index (χ4v) is 2.94. The molecule has 0 aliphatic heterocycles. The van der Waals surface area contributed by atoms with Crippen LogP contribution in [0.4, 0.5) is 11.4 Å². The summed E-state index contributed by atoms with van der Waals surface area (Å²) < 4.78 is 1.54. The van der Waals surface area contributed by atoms with Crippen molar-refractivity contribution < 1.29 is 4.92 Å². The molecule has 110 valence electrons. The van der Waals surface area contributed by atoms with Crippen LogP contribution in [0.15, 0.2) is 39.3 Å². The van der Waals surface area contributed by atoms with Crippen molar-refractivity contribution in [3.05, 3.63) is 65.5 Å². The van der Waals surface area contributed by atoms with E-state index in [1.165, 1.54) is 6.07 Å². The largest absolute Gasteiger partial charge is 0.380 e. The normalized spacial score (nSPS) is 10.5. The van der Waals surface area contributed by atoms with Crippen LogP contribution in [0, 0.1) is 17.0 Å². The van der Waals surface area contributed by atoms with E-state index in [0.717, 1.165) is 15.7 Å². The number of anilines is 1. The number of hydrogen-bond acceptors (Lipinski definition) is 3. The molecule has 2 rings (SSSR count). The van der Waals surface area contributed by atoms with Crippen LogP contribution in [0.1, 0.15) is 11.1 Å². The van der Waals surface area contributed by atoms with Gasteiger partial charge >= 0.3 is 0 Å². The Morgan fingerprint density at radius 3 is 2.67 bits per heavy atom. The summed E-state index contributed by atoms with van der Waals surface area (Å²) in [4.78, 5) is 10.7. The van der Waals surface area contributed by atoms with Gasteiger partial charge in [0, 0.05) is 32.1 Å². The van der Waals surface area contributed by atoms with E-state index < -0.39 is 0 Å². The molecule has 0 bridgehead atoms. The van der Waals surface area contributed by atoms with E-state index in [-0.39, 0.29) is 10.6 Å². The van der Waals surface area contributed by atoms with Crippen LogP contribution in [0.25, 0.3) is 0 Å². The molecule has 0 saturated heterocycles. The van der Waals surface area contributed by atoms with Crippen molar-refractivity contribution in [2.24, 2.45) is 0 Å². The molecule has 0 aliphatic carbocycles. The Morgan fingerprint density at radius 2 is 2.00 bits per heavy atom. The van der Waals surface area contributed by atoms with Crippen LogP contribution in [0.5, 0.6) is 0 Å². The van der Waals surface area contributed by atoms with E-state index in [4.69, 9.17) is 11.6 Å². The van der Waals surface area contributed by atoms with Crippen LogP contribution in [0.2, 0.25) is 5.02 Å². The average molecular weight is 435 g/mol. The molecule has 1 N–H and O–H groups in total. The SMILES string of the molecule is Cc1cc(Br)c(NCc2ccc(Br)cc2[N+](=O)[O-])cc1Cl. The van der Waals surface area contributed by atoms with Gasteiger partial charge in [-0.1, -0.05) is 27.5 Å². The highest BCUT2D eigenvalue weighted by Crippen LogP contribution is 2.30. The Morgan fingerprint density at radius 1 is 1.29 bits per heavy atom. The third-order valence-corrected chi connectivity index (χ3v) is 4.52. The van der Waals surface area contributed by atoms with E-state index in [1.807, 2.05) is 13.0 Å². The molecule has 0 fully saturated rings. The first-order valence-electron chi connectivity index (χ1n) is 6.01. The molecule has 7 heteroatoms. The Bertz CT molecular complexity index is 708. The number of rotatable bonds is 4. The highest BCUT2D eigenvalue weighted by molar-refractivity contribution is 9.10. The zero-order valence-electron chi connectivity index (χ0n) is 11.0. The molecule has 21 heavy (non-hydrogen) atoms. The van der Waals surface area contributed by atoms with E-state index in [9.17, 15) is 10.1 Å². The van der Waals surface area contributed by atoms with Gasteiger partial charge in [0.05, 0.1) is 10.6 Å². The van der Waals surface area contributed by atoms with Gasteiger partial charge < -0.3 is 5.32 Å². The number of aryl methyl sites for hydroxylation is 1. The van der Waals surface area contributed by atoms with Crippen molar-refractivity contribution in [2.45, 2.75) is 13.5 Å². The monoisotopic (exact) mass is 432 g/mol. The first-order chi connectivity index (χ1) is 9.88. The maximum Gasteiger partial charge on any atom is 0.275 e. The maximum absolute atomic E-state index is 11.1. The Balaban J connectivity index is 2.25. The molecule has 2 aromatic rings. The second-order valence-electron chi connectivity index (χ2n) is 4.46. The standard InChI is InChI=1S/C14H11Br2ClN2O2/c1-8-4-11(16)13(6-12(8)17)18-7-9-2-3-10(15)5-14(9)19(20)21/h2-6,18H,7H2,1H3. The van der Waals surface area contributed by atoms with Crippen LogP contribution < -0.4 is 5.32 Å². The number of halogens is 3. The number of benzene rings is 2. The summed E-state index contributed by atoms with van der Waals surface area (Å²) in [6.45, 7) is 2.25. The first kappa shape index (κ1) is 16.3. The van der Waals surface area contributed by atoms with Gasteiger partial charge in [0.1, 0.15) is 0 Å². The van der Waals surface area contributed by atoms with Crippen molar-refractivity contribution in [3.63, 3.8) is 0 Å². The van der Waals surface area contributed by atoms with Gasteiger partial charge in [0.2, 0.25) is 0 Å². The summed E-state index contributed by atoms with van der Waals surface area (Å²) in [5.74, 6) is 0. The van der Waals surface area contributed by atoms with E-state index in [2.05, 4.69) is 37.2 Å². The molecule has 0 amide bonds. The van der Waals surface area contributed by atoms with Gasteiger partial charge in [-0.2, -0.15) is 0 Å². The zero-order chi connectivity index (χ0) is 15.6. The van der Waals surface area contributed by atoms with E-state index >= 15 is 0 Å². The van der Waals surface area contributed by atoms with Gasteiger partial charge in [-0.25, -0.2) is 0 Å². The number of nitrogens with one attached hydrogen (secondary N) is 1. The summed E-state index contributed by atoms with van der Waals surface area (Å²) in [6.07, 6.45) is 0. The van der Waals surface area contributed by atoms with Crippen molar-refractivity contribution in [1.29, 1.82) is 0 Å². The molecule has 0 saturated carbocycles. The highest BCUT2D eigenvalue weighted by Gasteiger charge is 2.14. The fraction of sp³-hybridized carbons (Fsp3) is 0.143. The van der Waals surface area contributed by atoms with E-state index in [0.29, 0.717) is 21.6 Å². The summed E-state index contributed by atoms with van der Waals surface area (Å²) in [5, 5.41) is 14.9. The molecule has 0 atom stereocenters. The lowest BCUT2D eigenvalue weighted by atomic mass is 10.1. The molecular formula is C14H11Br2ClN2O2. The van der Waals surface area contributed by atoms with E-state index in [1.54, 1.807) is 18.2 Å². The summed E-state index contributed by atoms with van der Waals surface area (Å²) in [5.41, 5.74) is 2.43. The third-order valence-electron chi connectivity index (χ3n) is 2.96. The molecule has 4 nitrogen and oxygen atoms in total. The van der Waals surface area contributed by atoms with Crippen molar-refractivity contribution in [3.8, 4) is 0 Å². The number of nitrogens with zero attached hydrogens (tertiary/aromatic N) is 1. The van der Waals surface area contributed by atoms with Gasteiger partial charge in [0.15, 0.2) is 0 Å². The molecule has 0 radical (unpaired) electrons. The summed E-state index contributed by atoms with van der Waals surface area (Å²) in [6, 6.07) is 8.70. The Labute approximate surface area is 143 Å². The van der Waals surface area contributed by atoms with Gasteiger partial charge in [-0.05, 0) is 52.7 Å². The summed E-state index contributed by atoms with van der Waals surface area (Å²) in [7, 11) is 0. The van der Waals surface area contributed by atoms with Crippen molar-refractivity contribution >= 4 is 54.8 Å². The lowest BCUT2D eigenvalue weighted by Crippen LogP contribution is -2.04. The topological polar surface area (TPSA) is 55.2 Å². The van der Waals surface area contributed by atoms with Crippen LogP contribution in [-0.2, 0) is 6.54 Å². The fourth-order valence-electron chi connectivity index (χ4n) is 1.83. The summed E-state index contributed by atoms with van der Waals surface area (Å²) >= 11 is 12.8. The first-order valence-corrected chi connectivity index (χ1v) is 7.97. The zero-order valence-corrected chi connectivity index (χ0v) is 14.9. The molecule has 2 aromatic carbocycles. The van der Waals surface area contributed by atoms with Gasteiger partial charge in [-0.15, -0.1) is 0 Å². The maximum atomic E-state index is 11.1.